The van der Waals surface area contributed by atoms with Gasteiger partial charge in [0.1, 0.15) is 5.15 Å². The number of carbonyl (C=O) groups is 3. The second kappa shape index (κ2) is 9.22. The zero-order valence-electron chi connectivity index (χ0n) is 16.6. The fourth-order valence-electron chi connectivity index (χ4n) is 3.53. The Morgan fingerprint density at radius 1 is 1.24 bits per heavy atom. The highest BCUT2D eigenvalue weighted by molar-refractivity contribution is 6.30. The Hall–Kier alpha value is -2.67. The van der Waals surface area contributed by atoms with Gasteiger partial charge in [-0.25, -0.2) is 4.98 Å². The Balaban J connectivity index is 1.64. The van der Waals surface area contributed by atoms with Crippen LogP contribution in [0.4, 0.5) is 0 Å². The van der Waals surface area contributed by atoms with Crippen LogP contribution in [-0.4, -0.2) is 65.9 Å². The van der Waals surface area contributed by atoms with Crippen LogP contribution in [0.1, 0.15) is 30.1 Å². The van der Waals surface area contributed by atoms with E-state index in [9.17, 15) is 14.4 Å². The molecule has 0 unspecified atom stereocenters. The van der Waals surface area contributed by atoms with Crippen molar-refractivity contribution in [3.63, 3.8) is 0 Å². The minimum Gasteiger partial charge on any atom is -0.466 e. The van der Waals surface area contributed by atoms with Crippen molar-refractivity contribution in [1.29, 1.82) is 0 Å². The maximum absolute atomic E-state index is 12.9. The molecule has 154 valence electrons. The first kappa shape index (κ1) is 21.0. The molecule has 2 amide bonds. The molecule has 1 aromatic carbocycles. The lowest BCUT2D eigenvalue weighted by molar-refractivity contribution is -0.151. The summed E-state index contributed by atoms with van der Waals surface area (Å²) in [6, 6.07) is 8.78. The smallest absolute Gasteiger partial charge is 0.309 e. The second-order valence-corrected chi connectivity index (χ2v) is 7.47. The molecule has 2 heterocycles. The number of hydrogen-bond donors (Lipinski definition) is 0. The van der Waals surface area contributed by atoms with E-state index in [0.29, 0.717) is 49.0 Å². The number of hydrogen-bond acceptors (Lipinski definition) is 5. The number of aromatic nitrogens is 1. The summed E-state index contributed by atoms with van der Waals surface area (Å²) in [6.45, 7) is 3.06. The van der Waals surface area contributed by atoms with Crippen molar-refractivity contribution < 1.29 is 19.1 Å². The zero-order valence-corrected chi connectivity index (χ0v) is 17.3. The van der Waals surface area contributed by atoms with Gasteiger partial charge < -0.3 is 14.5 Å². The van der Waals surface area contributed by atoms with Crippen LogP contribution in [0.2, 0.25) is 5.15 Å². The number of pyridine rings is 1. The summed E-state index contributed by atoms with van der Waals surface area (Å²) in [4.78, 5) is 44.8. The van der Waals surface area contributed by atoms with Crippen LogP contribution >= 0.6 is 11.6 Å². The molecule has 7 nitrogen and oxygen atoms in total. The molecule has 8 heteroatoms. The van der Waals surface area contributed by atoms with E-state index in [4.69, 9.17) is 16.3 Å². The number of nitrogens with zero attached hydrogens (tertiary/aromatic N) is 3. The largest absolute Gasteiger partial charge is 0.466 e. The lowest BCUT2D eigenvalue weighted by atomic mass is 9.97. The van der Waals surface area contributed by atoms with Crippen molar-refractivity contribution in [2.75, 3.05) is 33.3 Å². The van der Waals surface area contributed by atoms with Gasteiger partial charge in [-0.05, 0) is 31.9 Å². The van der Waals surface area contributed by atoms with Crippen molar-refractivity contribution in [3.05, 3.63) is 41.0 Å². The molecular formula is C21H24ClN3O4. The number of likely N-dealkylation sites (N-methyl/N-ethyl adjacent to an activating group) is 1. The fourth-order valence-corrected chi connectivity index (χ4v) is 3.73. The Morgan fingerprint density at radius 2 is 1.93 bits per heavy atom. The van der Waals surface area contributed by atoms with E-state index in [1.807, 2.05) is 18.2 Å². The summed E-state index contributed by atoms with van der Waals surface area (Å²) in [6.07, 6.45) is 1.15. The monoisotopic (exact) mass is 417 g/mol. The molecule has 0 atom stereocenters. The van der Waals surface area contributed by atoms with E-state index < -0.39 is 0 Å². The maximum Gasteiger partial charge on any atom is 0.309 e. The van der Waals surface area contributed by atoms with Gasteiger partial charge in [-0.1, -0.05) is 29.8 Å². The molecule has 0 aliphatic carbocycles. The lowest BCUT2D eigenvalue weighted by Gasteiger charge is -2.32. The van der Waals surface area contributed by atoms with E-state index in [0.717, 1.165) is 0 Å². The number of ether oxygens (including phenoxy) is 1. The van der Waals surface area contributed by atoms with Gasteiger partial charge in [0.2, 0.25) is 5.91 Å². The topological polar surface area (TPSA) is 79.8 Å². The summed E-state index contributed by atoms with van der Waals surface area (Å²) >= 11 is 6.07. The predicted octanol–water partition coefficient (Wildman–Crippen LogP) is 2.76. The molecule has 1 aromatic heterocycles. The molecule has 2 aromatic rings. The molecule has 1 fully saturated rings. The van der Waals surface area contributed by atoms with Gasteiger partial charge in [-0.3, -0.25) is 14.4 Å². The molecule has 0 bridgehead atoms. The molecule has 1 aliphatic heterocycles. The average Bonchev–Trinajstić information content (AvgIpc) is 2.72. The van der Waals surface area contributed by atoms with Crippen molar-refractivity contribution >= 4 is 40.3 Å². The standard InChI is InChI=1S/C21H24ClN3O4/c1-3-29-21(28)14-8-10-25(11-9-14)19(26)13-24(2)20(27)16-12-18(22)23-17-7-5-4-6-15(16)17/h4-7,12,14H,3,8-11,13H2,1-2H3. The highest BCUT2D eigenvalue weighted by atomic mass is 35.5. The first-order valence-corrected chi connectivity index (χ1v) is 10.0. The van der Waals surface area contributed by atoms with Crippen molar-refractivity contribution in [1.82, 2.24) is 14.8 Å². The van der Waals surface area contributed by atoms with Crippen LogP contribution < -0.4 is 0 Å². The molecule has 0 radical (unpaired) electrons. The highest BCUT2D eigenvalue weighted by Crippen LogP contribution is 2.22. The SMILES string of the molecule is CCOC(=O)C1CCN(C(=O)CN(C)C(=O)c2cc(Cl)nc3ccccc23)CC1. The third-order valence-electron chi connectivity index (χ3n) is 5.10. The van der Waals surface area contributed by atoms with Gasteiger partial charge in [-0.2, -0.15) is 0 Å². The number of piperidine rings is 1. The van der Waals surface area contributed by atoms with E-state index in [1.165, 1.54) is 11.0 Å². The number of halogens is 1. The van der Waals surface area contributed by atoms with Crippen molar-refractivity contribution in [3.8, 4) is 0 Å². The van der Waals surface area contributed by atoms with Gasteiger partial charge in [0, 0.05) is 25.5 Å². The molecular weight excluding hydrogens is 394 g/mol. The Labute approximate surface area is 174 Å². The average molecular weight is 418 g/mol. The molecule has 0 N–H and O–H groups in total. The summed E-state index contributed by atoms with van der Waals surface area (Å²) < 4.78 is 5.06. The third kappa shape index (κ3) is 4.85. The second-order valence-electron chi connectivity index (χ2n) is 7.08. The molecule has 3 rings (SSSR count). The minimum absolute atomic E-state index is 0.0445. The number of esters is 1. The first-order chi connectivity index (χ1) is 13.9. The van der Waals surface area contributed by atoms with E-state index >= 15 is 0 Å². The summed E-state index contributed by atoms with van der Waals surface area (Å²) in [7, 11) is 1.59. The van der Waals surface area contributed by atoms with Crippen LogP contribution in [0.25, 0.3) is 10.9 Å². The van der Waals surface area contributed by atoms with Gasteiger partial charge in [0.25, 0.3) is 5.91 Å². The zero-order chi connectivity index (χ0) is 21.0. The molecule has 1 aliphatic rings. The molecule has 1 saturated heterocycles. The van der Waals surface area contributed by atoms with Gasteiger partial charge in [0.15, 0.2) is 0 Å². The first-order valence-electron chi connectivity index (χ1n) is 9.66. The quantitative estimate of drug-likeness (QED) is 0.552. The van der Waals surface area contributed by atoms with Gasteiger partial charge in [-0.15, -0.1) is 0 Å². The van der Waals surface area contributed by atoms with Gasteiger partial charge in [0.05, 0.1) is 30.1 Å². The predicted molar refractivity (Wildman–Crippen MR) is 110 cm³/mol. The van der Waals surface area contributed by atoms with Crippen LogP contribution in [0, 0.1) is 5.92 Å². The van der Waals surface area contributed by atoms with Crippen LogP contribution in [0.5, 0.6) is 0 Å². The van der Waals surface area contributed by atoms with E-state index in [2.05, 4.69) is 4.98 Å². The third-order valence-corrected chi connectivity index (χ3v) is 5.30. The minimum atomic E-state index is -0.291. The fraction of sp³-hybridized carbons (Fsp3) is 0.429. The lowest BCUT2D eigenvalue weighted by Crippen LogP contribution is -2.45. The molecule has 0 saturated carbocycles. The van der Waals surface area contributed by atoms with Crippen LogP contribution in [-0.2, 0) is 14.3 Å². The maximum atomic E-state index is 12.9. The van der Waals surface area contributed by atoms with Crippen LogP contribution in [0.15, 0.2) is 30.3 Å². The van der Waals surface area contributed by atoms with Crippen molar-refractivity contribution in [2.45, 2.75) is 19.8 Å². The molecule has 0 spiro atoms. The van der Waals surface area contributed by atoms with Crippen molar-refractivity contribution in [2.24, 2.45) is 5.92 Å². The summed E-state index contributed by atoms with van der Waals surface area (Å²) in [5, 5.41) is 0.921. The van der Waals surface area contributed by atoms with E-state index in [-0.39, 0.29) is 35.4 Å². The normalized spacial score (nSPS) is 14.7. The number of amides is 2. The summed E-state index contributed by atoms with van der Waals surface area (Å²) in [5.74, 6) is -0.801. The number of rotatable bonds is 5. The Bertz CT molecular complexity index is 925. The number of likely N-dealkylation sites (tertiary alicyclic amines) is 1. The van der Waals surface area contributed by atoms with Gasteiger partial charge >= 0.3 is 5.97 Å². The Kier molecular flexibility index (Phi) is 6.69. The van der Waals surface area contributed by atoms with E-state index in [1.54, 1.807) is 24.9 Å². The summed E-state index contributed by atoms with van der Waals surface area (Å²) in [5.41, 5.74) is 1.04. The molecule has 29 heavy (non-hydrogen) atoms. The number of benzene rings is 1. The number of para-hydroxylation sites is 1. The highest BCUT2D eigenvalue weighted by Gasteiger charge is 2.29. The Morgan fingerprint density at radius 3 is 2.62 bits per heavy atom. The van der Waals surface area contributed by atoms with Crippen LogP contribution in [0.3, 0.4) is 0 Å². The number of carbonyl (C=O) groups excluding carboxylic acids is 3. The number of fused-ring (bicyclic) bond motifs is 1.